The van der Waals surface area contributed by atoms with Crippen LogP contribution in [0.25, 0.3) is 0 Å². The van der Waals surface area contributed by atoms with Gasteiger partial charge >= 0.3 is 0 Å². The lowest BCUT2D eigenvalue weighted by molar-refractivity contribution is -0.122. The van der Waals surface area contributed by atoms with E-state index in [2.05, 4.69) is 41.4 Å². The van der Waals surface area contributed by atoms with Crippen LogP contribution >= 0.6 is 0 Å². The molecule has 0 spiro atoms. The zero-order valence-corrected chi connectivity index (χ0v) is 13.8. The third kappa shape index (κ3) is 4.03. The van der Waals surface area contributed by atoms with E-state index in [-0.39, 0.29) is 11.9 Å². The summed E-state index contributed by atoms with van der Waals surface area (Å²) in [6, 6.07) is 8.86. The van der Waals surface area contributed by atoms with Gasteiger partial charge in [-0.25, -0.2) is 0 Å². The second-order valence-corrected chi connectivity index (χ2v) is 6.82. The fraction of sp³-hybridized carbons (Fsp3) is 0.611. The quantitative estimate of drug-likeness (QED) is 0.871. The second kappa shape index (κ2) is 7.32. The summed E-state index contributed by atoms with van der Waals surface area (Å²) in [6.45, 7) is 5.61. The first-order valence-corrected chi connectivity index (χ1v) is 8.60. The number of amides is 1. The number of anilines is 1. The lowest BCUT2D eigenvalue weighted by Gasteiger charge is -2.30. The predicted octanol–water partition coefficient (Wildman–Crippen LogP) is 1.97. The fourth-order valence-corrected chi connectivity index (χ4v) is 3.64. The van der Waals surface area contributed by atoms with Crippen molar-refractivity contribution >= 4 is 11.6 Å². The normalized spacial score (nSPS) is 28.7. The molecular weight excluding hydrogens is 290 g/mol. The number of hydrogen-bond acceptors (Lipinski definition) is 4. The molecular formula is C18H27N3O2. The molecule has 5 nitrogen and oxygen atoms in total. The van der Waals surface area contributed by atoms with Gasteiger partial charge in [0.1, 0.15) is 0 Å². The Hall–Kier alpha value is -1.59. The number of benzene rings is 1. The van der Waals surface area contributed by atoms with Gasteiger partial charge in [0.2, 0.25) is 5.91 Å². The van der Waals surface area contributed by atoms with E-state index in [4.69, 9.17) is 10.5 Å². The van der Waals surface area contributed by atoms with Gasteiger partial charge in [-0.2, -0.15) is 0 Å². The minimum atomic E-state index is -0.201. The van der Waals surface area contributed by atoms with Gasteiger partial charge in [-0.1, -0.05) is 19.1 Å². The highest BCUT2D eigenvalue weighted by molar-refractivity contribution is 5.80. The van der Waals surface area contributed by atoms with Gasteiger partial charge in [0, 0.05) is 24.9 Å². The van der Waals surface area contributed by atoms with Gasteiger partial charge in [-0.05, 0) is 49.4 Å². The van der Waals surface area contributed by atoms with Crippen molar-refractivity contribution in [1.82, 2.24) is 4.90 Å². The molecule has 1 aromatic carbocycles. The standard InChI is InChI=1S/C18H27N3O2/c1-13-12-23-9-7-16(13)20-15-5-2-4-14(10-15)11-21-8-3-6-17(21)18(19)22/h2,4-5,10,13,16-17,20H,3,6-9,11-12H2,1H3,(H2,19,22). The van der Waals surface area contributed by atoms with Gasteiger partial charge in [0.25, 0.3) is 0 Å². The van der Waals surface area contributed by atoms with Crippen LogP contribution in [0.4, 0.5) is 5.69 Å². The molecule has 0 aromatic heterocycles. The molecule has 3 N–H and O–H groups in total. The van der Waals surface area contributed by atoms with Crippen molar-refractivity contribution in [3.8, 4) is 0 Å². The number of nitrogens with one attached hydrogen (secondary N) is 1. The highest BCUT2D eigenvalue weighted by Crippen LogP contribution is 2.23. The Labute approximate surface area is 138 Å². The number of ether oxygens (including phenoxy) is 1. The number of likely N-dealkylation sites (tertiary alicyclic amines) is 1. The summed E-state index contributed by atoms with van der Waals surface area (Å²) in [5.74, 6) is 0.318. The van der Waals surface area contributed by atoms with E-state index in [0.717, 1.165) is 51.3 Å². The van der Waals surface area contributed by atoms with Crippen molar-refractivity contribution < 1.29 is 9.53 Å². The molecule has 0 saturated carbocycles. The predicted molar refractivity (Wildman–Crippen MR) is 91.1 cm³/mol. The van der Waals surface area contributed by atoms with E-state index < -0.39 is 0 Å². The lowest BCUT2D eigenvalue weighted by atomic mass is 9.97. The molecule has 0 radical (unpaired) electrons. The third-order valence-corrected chi connectivity index (χ3v) is 5.00. The second-order valence-electron chi connectivity index (χ2n) is 6.82. The van der Waals surface area contributed by atoms with Crippen LogP contribution < -0.4 is 11.1 Å². The van der Waals surface area contributed by atoms with Crippen LogP contribution in [-0.4, -0.2) is 42.6 Å². The topological polar surface area (TPSA) is 67.6 Å². The van der Waals surface area contributed by atoms with Crippen LogP contribution in [0.2, 0.25) is 0 Å². The minimum Gasteiger partial charge on any atom is -0.382 e. The summed E-state index contributed by atoms with van der Waals surface area (Å²) in [4.78, 5) is 13.7. The number of nitrogens with zero attached hydrogens (tertiary/aromatic N) is 1. The van der Waals surface area contributed by atoms with E-state index in [1.165, 1.54) is 5.56 Å². The Morgan fingerprint density at radius 3 is 3.09 bits per heavy atom. The van der Waals surface area contributed by atoms with Crippen molar-refractivity contribution in [3.63, 3.8) is 0 Å². The van der Waals surface area contributed by atoms with E-state index in [0.29, 0.717) is 12.0 Å². The molecule has 0 aliphatic carbocycles. The summed E-state index contributed by atoms with van der Waals surface area (Å²) in [5, 5.41) is 3.64. The summed E-state index contributed by atoms with van der Waals surface area (Å²) >= 11 is 0. The molecule has 3 unspecified atom stereocenters. The number of carbonyl (C=O) groups is 1. The van der Waals surface area contributed by atoms with Gasteiger partial charge in [0.05, 0.1) is 12.6 Å². The molecule has 2 fully saturated rings. The SMILES string of the molecule is CC1COCCC1Nc1cccc(CN2CCCC2C(N)=O)c1. The van der Waals surface area contributed by atoms with Gasteiger partial charge in [0.15, 0.2) is 0 Å². The zero-order valence-electron chi connectivity index (χ0n) is 13.8. The lowest BCUT2D eigenvalue weighted by Crippen LogP contribution is -2.39. The highest BCUT2D eigenvalue weighted by Gasteiger charge is 2.28. The largest absolute Gasteiger partial charge is 0.382 e. The van der Waals surface area contributed by atoms with Crippen molar-refractivity contribution in [1.29, 1.82) is 0 Å². The maximum Gasteiger partial charge on any atom is 0.234 e. The monoisotopic (exact) mass is 317 g/mol. The zero-order chi connectivity index (χ0) is 16.2. The highest BCUT2D eigenvalue weighted by atomic mass is 16.5. The molecule has 1 aromatic rings. The molecule has 1 amide bonds. The molecule has 2 aliphatic heterocycles. The van der Waals surface area contributed by atoms with Gasteiger partial charge in [-0.15, -0.1) is 0 Å². The van der Waals surface area contributed by atoms with Crippen molar-refractivity contribution in [2.45, 2.75) is 44.8 Å². The van der Waals surface area contributed by atoms with Crippen LogP contribution in [0.15, 0.2) is 24.3 Å². The van der Waals surface area contributed by atoms with Gasteiger partial charge < -0.3 is 15.8 Å². The smallest absolute Gasteiger partial charge is 0.234 e. The number of rotatable bonds is 5. The van der Waals surface area contributed by atoms with Crippen molar-refractivity contribution in [2.24, 2.45) is 11.7 Å². The van der Waals surface area contributed by atoms with E-state index in [1.807, 2.05) is 0 Å². The molecule has 5 heteroatoms. The first kappa shape index (κ1) is 16.3. The van der Waals surface area contributed by atoms with Crippen LogP contribution in [-0.2, 0) is 16.1 Å². The van der Waals surface area contributed by atoms with Crippen molar-refractivity contribution in [3.05, 3.63) is 29.8 Å². The van der Waals surface area contributed by atoms with Crippen LogP contribution in [0.1, 0.15) is 31.7 Å². The number of primary amides is 1. The number of hydrogen-bond donors (Lipinski definition) is 2. The van der Waals surface area contributed by atoms with E-state index >= 15 is 0 Å². The number of nitrogens with two attached hydrogens (primary N) is 1. The van der Waals surface area contributed by atoms with Gasteiger partial charge in [-0.3, -0.25) is 9.69 Å². The molecule has 0 bridgehead atoms. The summed E-state index contributed by atoms with van der Waals surface area (Å²) in [6.07, 6.45) is 2.97. The molecule has 2 saturated heterocycles. The third-order valence-electron chi connectivity index (χ3n) is 5.00. The Morgan fingerprint density at radius 2 is 2.30 bits per heavy atom. The van der Waals surface area contributed by atoms with Crippen LogP contribution in [0, 0.1) is 5.92 Å². The Balaban J connectivity index is 1.64. The molecule has 126 valence electrons. The summed E-state index contributed by atoms with van der Waals surface area (Å²) in [5.41, 5.74) is 7.88. The average Bonchev–Trinajstić information content (AvgIpc) is 2.98. The Morgan fingerprint density at radius 1 is 1.43 bits per heavy atom. The van der Waals surface area contributed by atoms with Crippen molar-refractivity contribution in [2.75, 3.05) is 25.1 Å². The van der Waals surface area contributed by atoms with Crippen LogP contribution in [0.3, 0.4) is 0 Å². The average molecular weight is 317 g/mol. The van der Waals surface area contributed by atoms with E-state index in [1.54, 1.807) is 0 Å². The van der Waals surface area contributed by atoms with E-state index in [9.17, 15) is 4.79 Å². The first-order valence-electron chi connectivity index (χ1n) is 8.60. The Bertz CT molecular complexity index is 549. The Kier molecular flexibility index (Phi) is 5.18. The molecule has 3 atom stereocenters. The summed E-state index contributed by atoms with van der Waals surface area (Å²) in [7, 11) is 0. The number of carbonyl (C=O) groups excluding carboxylic acids is 1. The first-order chi connectivity index (χ1) is 11.1. The molecule has 23 heavy (non-hydrogen) atoms. The fourth-order valence-electron chi connectivity index (χ4n) is 3.64. The molecule has 3 rings (SSSR count). The molecule has 2 heterocycles. The maximum atomic E-state index is 11.5. The van der Waals surface area contributed by atoms with Crippen LogP contribution in [0.5, 0.6) is 0 Å². The minimum absolute atomic E-state index is 0.109. The maximum absolute atomic E-state index is 11.5. The summed E-state index contributed by atoms with van der Waals surface area (Å²) < 4.78 is 5.51. The molecule has 2 aliphatic rings.